The fraction of sp³-hybridized carbons (Fsp3) is 0.167. The average Bonchev–Trinajstić information content (AvgIpc) is 2.57. The van der Waals surface area contributed by atoms with Gasteiger partial charge in [-0.2, -0.15) is 5.10 Å². The third-order valence-corrected chi connectivity index (χ3v) is 3.07. The summed E-state index contributed by atoms with van der Waals surface area (Å²) in [7, 11) is 0. The van der Waals surface area contributed by atoms with Crippen molar-refractivity contribution in [3.63, 3.8) is 0 Å². The molecule has 0 amide bonds. The van der Waals surface area contributed by atoms with Gasteiger partial charge in [-0.15, -0.1) is 0 Å². The van der Waals surface area contributed by atoms with E-state index in [1.165, 1.54) is 0 Å². The standard InChI is InChI=1S/C18H18N2O3/c1-3-23-18(22)16(17(21)14-7-5-4-6-8-14)20-19-15-11-9-13(2)10-12-15/h4-12,19H,3H2,1-2H3/b20-16-. The van der Waals surface area contributed by atoms with Crippen LogP contribution in [0.5, 0.6) is 0 Å². The normalized spacial score (nSPS) is 11.0. The van der Waals surface area contributed by atoms with Crippen molar-refractivity contribution in [2.24, 2.45) is 5.10 Å². The molecule has 0 unspecified atom stereocenters. The highest BCUT2D eigenvalue weighted by Crippen LogP contribution is 2.09. The van der Waals surface area contributed by atoms with Gasteiger partial charge in [0.25, 0.3) is 0 Å². The highest BCUT2D eigenvalue weighted by molar-refractivity contribution is 6.67. The van der Waals surface area contributed by atoms with E-state index >= 15 is 0 Å². The minimum absolute atomic E-state index is 0.171. The van der Waals surface area contributed by atoms with Gasteiger partial charge in [0.05, 0.1) is 12.3 Å². The molecule has 23 heavy (non-hydrogen) atoms. The number of aryl methyl sites for hydroxylation is 1. The second-order valence-corrected chi connectivity index (χ2v) is 4.85. The summed E-state index contributed by atoms with van der Waals surface area (Å²) in [6.07, 6.45) is 0. The van der Waals surface area contributed by atoms with Crippen LogP contribution in [0.15, 0.2) is 59.7 Å². The first-order valence-electron chi connectivity index (χ1n) is 7.29. The highest BCUT2D eigenvalue weighted by Gasteiger charge is 2.23. The van der Waals surface area contributed by atoms with Crippen LogP contribution in [0.3, 0.4) is 0 Å². The van der Waals surface area contributed by atoms with Gasteiger partial charge in [0.1, 0.15) is 0 Å². The van der Waals surface area contributed by atoms with Gasteiger partial charge in [-0.1, -0.05) is 48.0 Å². The van der Waals surface area contributed by atoms with E-state index in [2.05, 4.69) is 10.5 Å². The van der Waals surface area contributed by atoms with Crippen LogP contribution in [0.4, 0.5) is 5.69 Å². The number of hydrogen-bond acceptors (Lipinski definition) is 5. The van der Waals surface area contributed by atoms with E-state index in [4.69, 9.17) is 4.74 Å². The third kappa shape index (κ3) is 4.51. The SMILES string of the molecule is CCOC(=O)/C(=N\Nc1ccc(C)cc1)C(=O)c1ccccc1. The van der Waals surface area contributed by atoms with Crippen molar-refractivity contribution >= 4 is 23.2 Å². The quantitative estimate of drug-likeness (QED) is 0.292. The number of nitrogens with one attached hydrogen (secondary N) is 1. The molecule has 0 aliphatic rings. The zero-order chi connectivity index (χ0) is 16.7. The van der Waals surface area contributed by atoms with E-state index in [9.17, 15) is 9.59 Å². The van der Waals surface area contributed by atoms with Crippen LogP contribution >= 0.6 is 0 Å². The Balaban J connectivity index is 2.26. The van der Waals surface area contributed by atoms with Crippen molar-refractivity contribution in [2.75, 3.05) is 12.0 Å². The lowest BCUT2D eigenvalue weighted by Gasteiger charge is -2.07. The Morgan fingerprint density at radius 1 is 1.04 bits per heavy atom. The predicted molar refractivity (Wildman–Crippen MR) is 89.6 cm³/mol. The predicted octanol–water partition coefficient (Wildman–Crippen LogP) is 3.21. The van der Waals surface area contributed by atoms with Crippen molar-refractivity contribution in [2.45, 2.75) is 13.8 Å². The number of anilines is 1. The fourth-order valence-corrected chi connectivity index (χ4v) is 1.86. The molecule has 2 aromatic carbocycles. The lowest BCUT2D eigenvalue weighted by atomic mass is 10.1. The molecule has 0 atom stereocenters. The van der Waals surface area contributed by atoms with Gasteiger partial charge < -0.3 is 4.74 Å². The average molecular weight is 310 g/mol. The Bertz CT molecular complexity index is 707. The zero-order valence-electron chi connectivity index (χ0n) is 13.1. The summed E-state index contributed by atoms with van der Waals surface area (Å²) in [4.78, 5) is 24.5. The molecule has 0 heterocycles. The molecular weight excluding hydrogens is 292 g/mol. The number of benzene rings is 2. The van der Waals surface area contributed by atoms with E-state index in [1.807, 2.05) is 31.2 Å². The molecule has 2 aromatic rings. The maximum absolute atomic E-state index is 12.5. The molecule has 0 spiro atoms. The second-order valence-electron chi connectivity index (χ2n) is 4.85. The number of hydrazone groups is 1. The number of carbonyl (C=O) groups is 2. The molecule has 0 radical (unpaired) electrons. The molecule has 5 nitrogen and oxygen atoms in total. The summed E-state index contributed by atoms with van der Waals surface area (Å²) in [5, 5.41) is 3.96. The third-order valence-electron chi connectivity index (χ3n) is 3.07. The molecule has 0 saturated heterocycles. The van der Waals surface area contributed by atoms with Crippen molar-refractivity contribution in [1.82, 2.24) is 0 Å². The summed E-state index contributed by atoms with van der Waals surface area (Å²) < 4.78 is 4.92. The molecule has 0 bridgehead atoms. The number of nitrogens with zero attached hydrogens (tertiary/aromatic N) is 1. The monoisotopic (exact) mass is 310 g/mol. The molecule has 0 fully saturated rings. The lowest BCUT2D eigenvalue weighted by molar-refractivity contribution is -0.134. The summed E-state index contributed by atoms with van der Waals surface area (Å²) in [6.45, 7) is 3.82. The number of rotatable bonds is 6. The van der Waals surface area contributed by atoms with Gasteiger partial charge in [0.2, 0.25) is 11.5 Å². The van der Waals surface area contributed by atoms with E-state index in [0.29, 0.717) is 11.3 Å². The Hall–Kier alpha value is -2.95. The van der Waals surface area contributed by atoms with E-state index in [1.54, 1.807) is 37.3 Å². The number of esters is 1. The van der Waals surface area contributed by atoms with E-state index in [-0.39, 0.29) is 12.3 Å². The van der Waals surface area contributed by atoms with Crippen LogP contribution in [-0.2, 0) is 9.53 Å². The zero-order valence-corrected chi connectivity index (χ0v) is 13.1. The first kappa shape index (κ1) is 16.4. The molecule has 0 aromatic heterocycles. The summed E-state index contributed by atoms with van der Waals surface area (Å²) >= 11 is 0. The van der Waals surface area contributed by atoms with Gasteiger partial charge in [0.15, 0.2) is 0 Å². The van der Waals surface area contributed by atoms with Crippen molar-refractivity contribution < 1.29 is 14.3 Å². The van der Waals surface area contributed by atoms with Gasteiger partial charge >= 0.3 is 5.97 Å². The number of carbonyl (C=O) groups excluding carboxylic acids is 2. The molecule has 118 valence electrons. The summed E-state index contributed by atoms with van der Waals surface area (Å²) in [5.74, 6) is -1.23. The summed E-state index contributed by atoms with van der Waals surface area (Å²) in [5.41, 5.74) is 4.61. The van der Waals surface area contributed by atoms with Crippen LogP contribution in [-0.4, -0.2) is 24.1 Å². The smallest absolute Gasteiger partial charge is 0.362 e. The van der Waals surface area contributed by atoms with Gasteiger partial charge in [0, 0.05) is 5.56 Å². The Morgan fingerprint density at radius 2 is 1.70 bits per heavy atom. The highest BCUT2D eigenvalue weighted by atomic mass is 16.5. The molecule has 0 aliphatic heterocycles. The fourth-order valence-electron chi connectivity index (χ4n) is 1.86. The Kier molecular flexibility index (Phi) is 5.63. The van der Waals surface area contributed by atoms with Gasteiger partial charge in [-0.3, -0.25) is 10.2 Å². The minimum Gasteiger partial charge on any atom is -0.461 e. The van der Waals surface area contributed by atoms with Crippen LogP contribution < -0.4 is 5.43 Å². The minimum atomic E-state index is -0.749. The topological polar surface area (TPSA) is 67.8 Å². The van der Waals surface area contributed by atoms with E-state index < -0.39 is 11.8 Å². The van der Waals surface area contributed by atoms with Crippen LogP contribution in [0, 0.1) is 6.92 Å². The Morgan fingerprint density at radius 3 is 2.30 bits per heavy atom. The van der Waals surface area contributed by atoms with Crippen LogP contribution in [0.2, 0.25) is 0 Å². The number of hydrogen-bond donors (Lipinski definition) is 1. The van der Waals surface area contributed by atoms with Crippen molar-refractivity contribution in [1.29, 1.82) is 0 Å². The lowest BCUT2D eigenvalue weighted by Crippen LogP contribution is -2.27. The number of ether oxygens (including phenoxy) is 1. The number of Topliss-reactive ketones (excluding diaryl/α,β-unsaturated/α-hetero) is 1. The largest absolute Gasteiger partial charge is 0.461 e. The number of ketones is 1. The van der Waals surface area contributed by atoms with Gasteiger partial charge in [-0.05, 0) is 26.0 Å². The molecule has 2 rings (SSSR count). The molecular formula is C18H18N2O3. The first-order valence-corrected chi connectivity index (χ1v) is 7.29. The molecule has 1 N–H and O–H groups in total. The maximum atomic E-state index is 12.5. The van der Waals surface area contributed by atoms with Crippen molar-refractivity contribution in [3.05, 3.63) is 65.7 Å². The molecule has 0 aliphatic carbocycles. The molecule has 0 saturated carbocycles. The maximum Gasteiger partial charge on any atom is 0.362 e. The van der Waals surface area contributed by atoms with Gasteiger partial charge in [-0.25, -0.2) is 4.79 Å². The van der Waals surface area contributed by atoms with Crippen molar-refractivity contribution in [3.8, 4) is 0 Å². The Labute approximate surface area is 135 Å². The van der Waals surface area contributed by atoms with Crippen LogP contribution in [0.1, 0.15) is 22.8 Å². The summed E-state index contributed by atoms with van der Waals surface area (Å²) in [6, 6.07) is 15.9. The molecule has 5 heteroatoms. The first-order chi connectivity index (χ1) is 11.1. The second kappa shape index (κ2) is 7.89. The van der Waals surface area contributed by atoms with Crippen LogP contribution in [0.25, 0.3) is 0 Å². The van der Waals surface area contributed by atoms with E-state index in [0.717, 1.165) is 5.56 Å².